The van der Waals surface area contributed by atoms with Crippen LogP contribution in [0.2, 0.25) is 0 Å². The molecule has 1 N–H and O–H groups in total. The Morgan fingerprint density at radius 3 is 1.60 bits per heavy atom. The summed E-state index contributed by atoms with van der Waals surface area (Å²) in [5.74, 6) is -2.77. The van der Waals surface area contributed by atoms with E-state index in [1.54, 1.807) is 0 Å². The molecule has 0 rings (SSSR count). The van der Waals surface area contributed by atoms with Crippen LogP contribution in [0.25, 0.3) is 0 Å². The van der Waals surface area contributed by atoms with Gasteiger partial charge in [-0.2, -0.15) is 0 Å². The quantitative estimate of drug-likeness (QED) is 0.179. The highest BCUT2D eigenvalue weighted by molar-refractivity contribution is 5.95. The molecule has 5 nitrogen and oxygen atoms in total. The lowest BCUT2D eigenvalue weighted by Crippen LogP contribution is -2.10. The van der Waals surface area contributed by atoms with Crippen LogP contribution in [0, 0.1) is 0 Å². The normalized spacial score (nSPS) is 10.9. The van der Waals surface area contributed by atoms with E-state index in [4.69, 9.17) is 5.11 Å². The third-order valence-corrected chi connectivity index (χ3v) is 4.06. The van der Waals surface area contributed by atoms with E-state index in [9.17, 15) is 14.4 Å². The number of carboxylic acids is 1. The summed E-state index contributed by atoms with van der Waals surface area (Å²) in [4.78, 5) is 32.7. The number of rotatable bonds is 16. The van der Waals surface area contributed by atoms with Crippen LogP contribution in [-0.2, 0) is 19.1 Å². The minimum atomic E-state index is -1.25. The second-order valence-corrected chi connectivity index (χ2v) is 6.46. The second kappa shape index (κ2) is 17.2. The molecule has 0 spiro atoms. The Bertz CT molecular complexity index is 401. The molecule has 0 radical (unpaired) electrons. The van der Waals surface area contributed by atoms with E-state index in [2.05, 4.69) is 11.7 Å². The standard InChI is InChI=1S/C20H34O5/c1-2-3-4-5-6-7-8-9-10-11-12-13-14-15-19(23)25-20(24)17-16-18(21)22/h16-17H,2-15H2,1H3,(H,21,22)/b17-16-. The first kappa shape index (κ1) is 23.4. The number of carbonyl (C=O) groups is 3. The van der Waals surface area contributed by atoms with Gasteiger partial charge in [0.25, 0.3) is 0 Å². The van der Waals surface area contributed by atoms with Crippen molar-refractivity contribution < 1.29 is 24.2 Å². The molecule has 0 aliphatic carbocycles. The fraction of sp³-hybridized carbons (Fsp3) is 0.750. The molecule has 0 bridgehead atoms. The van der Waals surface area contributed by atoms with Crippen molar-refractivity contribution in [3.63, 3.8) is 0 Å². The van der Waals surface area contributed by atoms with Gasteiger partial charge in [0.1, 0.15) is 0 Å². The second-order valence-electron chi connectivity index (χ2n) is 6.46. The summed E-state index contributed by atoms with van der Waals surface area (Å²) in [5, 5.41) is 8.35. The Labute approximate surface area is 151 Å². The fourth-order valence-electron chi connectivity index (χ4n) is 2.62. The maximum absolute atomic E-state index is 11.4. The number of unbranched alkanes of at least 4 members (excludes halogenated alkanes) is 12. The SMILES string of the molecule is CCCCCCCCCCCCCCCC(=O)OC(=O)/C=C\C(=O)O. The summed E-state index contributed by atoms with van der Waals surface area (Å²) < 4.78 is 4.48. The number of hydrogen-bond donors (Lipinski definition) is 1. The zero-order valence-electron chi connectivity index (χ0n) is 15.6. The Kier molecular flexibility index (Phi) is 16.0. The largest absolute Gasteiger partial charge is 0.478 e. The molecule has 0 fully saturated rings. The maximum Gasteiger partial charge on any atom is 0.338 e. The number of hydrogen-bond acceptors (Lipinski definition) is 4. The van der Waals surface area contributed by atoms with Crippen LogP contribution in [0.15, 0.2) is 12.2 Å². The third kappa shape index (κ3) is 18.5. The molecule has 144 valence electrons. The van der Waals surface area contributed by atoms with Gasteiger partial charge >= 0.3 is 17.9 Å². The zero-order chi connectivity index (χ0) is 18.8. The molecule has 5 heteroatoms. The van der Waals surface area contributed by atoms with E-state index in [1.807, 2.05) is 0 Å². The van der Waals surface area contributed by atoms with Crippen LogP contribution < -0.4 is 0 Å². The molecule has 0 unspecified atom stereocenters. The molecule has 0 aliphatic heterocycles. The Hall–Kier alpha value is -1.65. The molecule has 25 heavy (non-hydrogen) atoms. The van der Waals surface area contributed by atoms with Gasteiger partial charge in [-0.05, 0) is 6.42 Å². The van der Waals surface area contributed by atoms with E-state index in [0.717, 1.165) is 18.9 Å². The maximum atomic E-state index is 11.4. The van der Waals surface area contributed by atoms with Crippen molar-refractivity contribution in [2.24, 2.45) is 0 Å². The molecular weight excluding hydrogens is 320 g/mol. The van der Waals surface area contributed by atoms with Crippen molar-refractivity contribution in [2.75, 3.05) is 0 Å². The smallest absolute Gasteiger partial charge is 0.338 e. The van der Waals surface area contributed by atoms with Gasteiger partial charge in [-0.1, -0.05) is 84.0 Å². The van der Waals surface area contributed by atoms with Gasteiger partial charge in [-0.25, -0.2) is 9.59 Å². The minimum Gasteiger partial charge on any atom is -0.478 e. The molecule has 0 aromatic heterocycles. The van der Waals surface area contributed by atoms with Gasteiger partial charge < -0.3 is 9.84 Å². The molecule has 0 amide bonds. The lowest BCUT2D eigenvalue weighted by molar-refractivity contribution is -0.156. The molecule has 0 aliphatic rings. The van der Waals surface area contributed by atoms with Crippen molar-refractivity contribution in [3.05, 3.63) is 12.2 Å². The summed E-state index contributed by atoms with van der Waals surface area (Å²) >= 11 is 0. The average Bonchev–Trinajstić information content (AvgIpc) is 2.57. The molecular formula is C20H34O5. The average molecular weight is 354 g/mol. The van der Waals surface area contributed by atoms with E-state index >= 15 is 0 Å². The topological polar surface area (TPSA) is 80.7 Å². The summed E-state index contributed by atoms with van der Waals surface area (Å²) in [6.07, 6.45) is 17.5. The van der Waals surface area contributed by atoms with Crippen molar-refractivity contribution in [2.45, 2.75) is 96.8 Å². The fourth-order valence-corrected chi connectivity index (χ4v) is 2.62. The van der Waals surface area contributed by atoms with Crippen LogP contribution in [0.4, 0.5) is 0 Å². The van der Waals surface area contributed by atoms with Crippen LogP contribution in [0.3, 0.4) is 0 Å². The van der Waals surface area contributed by atoms with Crippen molar-refractivity contribution in [1.29, 1.82) is 0 Å². The predicted octanol–water partition coefficient (Wildman–Crippen LogP) is 5.18. The molecule has 0 aromatic rings. The molecule has 0 heterocycles. The number of ether oxygens (including phenoxy) is 1. The zero-order valence-corrected chi connectivity index (χ0v) is 15.6. The minimum absolute atomic E-state index is 0.199. The Balaban J connectivity index is 3.34. The molecule has 0 saturated carbocycles. The first-order valence-electron chi connectivity index (χ1n) is 9.72. The lowest BCUT2D eigenvalue weighted by Gasteiger charge is -2.03. The van der Waals surface area contributed by atoms with E-state index < -0.39 is 17.9 Å². The van der Waals surface area contributed by atoms with Gasteiger partial charge in [0, 0.05) is 18.6 Å². The lowest BCUT2D eigenvalue weighted by atomic mass is 10.0. The Morgan fingerprint density at radius 1 is 0.720 bits per heavy atom. The monoisotopic (exact) mass is 354 g/mol. The van der Waals surface area contributed by atoms with Gasteiger partial charge in [0.05, 0.1) is 0 Å². The summed E-state index contributed by atoms with van der Waals surface area (Å²) in [6, 6.07) is 0. The van der Waals surface area contributed by atoms with Gasteiger partial charge in [0.15, 0.2) is 0 Å². The molecule has 0 saturated heterocycles. The van der Waals surface area contributed by atoms with E-state index in [-0.39, 0.29) is 6.42 Å². The number of carboxylic acid groups (broad SMARTS) is 1. The first-order valence-corrected chi connectivity index (χ1v) is 9.72. The molecule has 0 aromatic carbocycles. The number of carbonyl (C=O) groups excluding carboxylic acids is 2. The van der Waals surface area contributed by atoms with Crippen LogP contribution in [-0.4, -0.2) is 23.0 Å². The van der Waals surface area contributed by atoms with Crippen LogP contribution >= 0.6 is 0 Å². The third-order valence-electron chi connectivity index (χ3n) is 4.06. The predicted molar refractivity (Wildman–Crippen MR) is 98.2 cm³/mol. The van der Waals surface area contributed by atoms with Crippen LogP contribution in [0.5, 0.6) is 0 Å². The van der Waals surface area contributed by atoms with E-state index in [0.29, 0.717) is 12.5 Å². The van der Waals surface area contributed by atoms with Gasteiger partial charge in [-0.3, -0.25) is 4.79 Å². The molecule has 0 atom stereocenters. The summed E-state index contributed by atoms with van der Waals surface area (Å²) in [6.45, 7) is 2.24. The van der Waals surface area contributed by atoms with Crippen molar-refractivity contribution in [3.8, 4) is 0 Å². The number of aliphatic carboxylic acids is 1. The highest BCUT2D eigenvalue weighted by Crippen LogP contribution is 2.13. The number of esters is 2. The Morgan fingerprint density at radius 2 is 1.16 bits per heavy atom. The summed E-state index contributed by atoms with van der Waals surface area (Å²) in [7, 11) is 0. The van der Waals surface area contributed by atoms with Gasteiger partial charge in [-0.15, -0.1) is 0 Å². The van der Waals surface area contributed by atoms with Crippen molar-refractivity contribution in [1.82, 2.24) is 0 Å². The first-order chi connectivity index (χ1) is 12.1. The van der Waals surface area contributed by atoms with Gasteiger partial charge in [0.2, 0.25) is 0 Å². The highest BCUT2D eigenvalue weighted by Gasteiger charge is 2.07. The van der Waals surface area contributed by atoms with Crippen LogP contribution in [0.1, 0.15) is 96.8 Å². The highest BCUT2D eigenvalue weighted by atomic mass is 16.6. The summed E-state index contributed by atoms with van der Waals surface area (Å²) in [5.41, 5.74) is 0. The van der Waals surface area contributed by atoms with E-state index in [1.165, 1.54) is 64.2 Å². The van der Waals surface area contributed by atoms with Crippen molar-refractivity contribution >= 4 is 17.9 Å².